The molecule has 3 N–H and O–H groups in total. The Bertz CT molecular complexity index is 1480. The summed E-state index contributed by atoms with van der Waals surface area (Å²) in [4.78, 5) is 23.7. The summed E-state index contributed by atoms with van der Waals surface area (Å²) in [5, 5.41) is -0.358. The Hall–Kier alpha value is -3.73. The third-order valence-electron chi connectivity index (χ3n) is 6.88. The fourth-order valence-electron chi connectivity index (χ4n) is 4.80. The highest BCUT2D eigenvalue weighted by molar-refractivity contribution is 7.90. The molecule has 3 aromatic rings. The lowest BCUT2D eigenvalue weighted by Crippen LogP contribution is -2.60. The van der Waals surface area contributed by atoms with E-state index < -0.39 is 21.7 Å². The van der Waals surface area contributed by atoms with Gasteiger partial charge in [0, 0.05) is 30.1 Å². The molecular weight excluding hydrogens is 509 g/mol. The second kappa shape index (κ2) is 9.86. The second-order valence-electron chi connectivity index (χ2n) is 10.5. The molecule has 1 amide bonds. The summed E-state index contributed by atoms with van der Waals surface area (Å²) in [5.74, 6) is -0.278. The van der Waals surface area contributed by atoms with E-state index in [-0.39, 0.29) is 27.7 Å². The summed E-state index contributed by atoms with van der Waals surface area (Å²) >= 11 is 0. The molecule has 3 heterocycles. The fourth-order valence-corrected chi connectivity index (χ4v) is 5.74. The van der Waals surface area contributed by atoms with Crippen LogP contribution in [0.3, 0.4) is 0 Å². The molecule has 0 unspecified atom stereocenters. The SMILES string of the molecule is CC(C)COc1cc(F)cc(-c2ccc(C(=O)NS(=O)(=O)c3cccc(N)n3)c(N3CC4(CCC4)C3)n2)c1. The number of nitrogen functional groups attached to an aromatic ring is 1. The van der Waals surface area contributed by atoms with Crippen LogP contribution < -0.4 is 20.1 Å². The van der Waals surface area contributed by atoms with Gasteiger partial charge in [0.2, 0.25) is 0 Å². The summed E-state index contributed by atoms with van der Waals surface area (Å²) in [6, 6.07) is 11.6. The molecule has 200 valence electrons. The lowest BCUT2D eigenvalue weighted by atomic mass is 9.63. The number of carbonyl (C=O) groups is 1. The predicted octanol–water partition coefficient (Wildman–Crippen LogP) is 4.01. The van der Waals surface area contributed by atoms with Crippen LogP contribution in [-0.2, 0) is 10.0 Å². The number of hydrogen-bond donors (Lipinski definition) is 2. The maximum absolute atomic E-state index is 14.4. The number of carbonyl (C=O) groups excluding carboxylic acids is 1. The number of pyridine rings is 2. The monoisotopic (exact) mass is 539 g/mol. The highest BCUT2D eigenvalue weighted by Gasteiger charge is 2.48. The van der Waals surface area contributed by atoms with E-state index in [9.17, 15) is 17.6 Å². The van der Waals surface area contributed by atoms with E-state index in [0.717, 1.165) is 25.9 Å². The number of amides is 1. The Balaban J connectivity index is 1.47. The first-order valence-electron chi connectivity index (χ1n) is 12.5. The molecule has 9 nitrogen and oxygen atoms in total. The number of ether oxygens (including phenoxy) is 1. The lowest BCUT2D eigenvalue weighted by molar-refractivity contribution is 0.0883. The Labute approximate surface area is 221 Å². The number of benzene rings is 1. The van der Waals surface area contributed by atoms with Gasteiger partial charge in [-0.2, -0.15) is 8.42 Å². The zero-order valence-electron chi connectivity index (χ0n) is 21.3. The Morgan fingerprint density at radius 2 is 1.92 bits per heavy atom. The van der Waals surface area contributed by atoms with Gasteiger partial charge < -0.3 is 15.4 Å². The zero-order chi connectivity index (χ0) is 27.1. The molecule has 1 saturated carbocycles. The van der Waals surface area contributed by atoms with Crippen LogP contribution in [-0.4, -0.2) is 44.0 Å². The molecule has 0 bridgehead atoms. The maximum Gasteiger partial charge on any atom is 0.281 e. The van der Waals surface area contributed by atoms with Crippen molar-refractivity contribution >= 4 is 27.6 Å². The van der Waals surface area contributed by atoms with Crippen molar-refractivity contribution in [3.05, 3.63) is 59.9 Å². The van der Waals surface area contributed by atoms with Gasteiger partial charge in [0.1, 0.15) is 23.2 Å². The van der Waals surface area contributed by atoms with Gasteiger partial charge in [0.15, 0.2) is 5.03 Å². The quantitative estimate of drug-likeness (QED) is 0.440. The van der Waals surface area contributed by atoms with Gasteiger partial charge in [-0.15, -0.1) is 0 Å². The number of nitrogens with two attached hydrogens (primary N) is 1. The van der Waals surface area contributed by atoms with E-state index in [1.807, 2.05) is 18.7 Å². The minimum absolute atomic E-state index is 0.0187. The lowest BCUT2D eigenvalue weighted by Gasteiger charge is -2.56. The van der Waals surface area contributed by atoms with E-state index in [2.05, 4.69) is 9.71 Å². The van der Waals surface area contributed by atoms with Crippen LogP contribution in [0.2, 0.25) is 0 Å². The topological polar surface area (TPSA) is 128 Å². The molecule has 5 rings (SSSR count). The number of nitrogens with zero attached hydrogens (tertiary/aromatic N) is 3. The van der Waals surface area contributed by atoms with Crippen molar-refractivity contribution in [2.24, 2.45) is 11.3 Å². The smallest absolute Gasteiger partial charge is 0.281 e. The van der Waals surface area contributed by atoms with E-state index >= 15 is 0 Å². The summed E-state index contributed by atoms with van der Waals surface area (Å²) in [5.41, 5.74) is 6.88. The Morgan fingerprint density at radius 3 is 2.58 bits per heavy atom. The van der Waals surface area contributed by atoms with Gasteiger partial charge >= 0.3 is 0 Å². The minimum atomic E-state index is -4.27. The average Bonchev–Trinajstić information content (AvgIpc) is 2.80. The molecule has 1 spiro atoms. The molecule has 38 heavy (non-hydrogen) atoms. The number of nitrogens with one attached hydrogen (secondary N) is 1. The maximum atomic E-state index is 14.4. The number of rotatable bonds is 8. The second-order valence-corrected chi connectivity index (χ2v) is 12.1. The summed E-state index contributed by atoms with van der Waals surface area (Å²) in [6.45, 7) is 5.89. The van der Waals surface area contributed by atoms with Crippen molar-refractivity contribution in [2.75, 3.05) is 30.3 Å². The van der Waals surface area contributed by atoms with Gasteiger partial charge in [0.25, 0.3) is 15.9 Å². The van der Waals surface area contributed by atoms with Gasteiger partial charge in [-0.3, -0.25) is 4.79 Å². The van der Waals surface area contributed by atoms with Crippen molar-refractivity contribution in [1.29, 1.82) is 0 Å². The van der Waals surface area contributed by atoms with E-state index in [0.29, 0.717) is 29.4 Å². The van der Waals surface area contributed by atoms with Crippen LogP contribution >= 0.6 is 0 Å². The average molecular weight is 540 g/mol. The summed E-state index contributed by atoms with van der Waals surface area (Å²) < 4.78 is 47.9. The van der Waals surface area contributed by atoms with Gasteiger partial charge in [-0.1, -0.05) is 26.3 Å². The fraction of sp³-hybridized carbons (Fsp3) is 0.370. The molecule has 1 aliphatic carbocycles. The summed E-state index contributed by atoms with van der Waals surface area (Å²) in [7, 11) is -4.27. The molecule has 0 radical (unpaired) electrons. The van der Waals surface area contributed by atoms with Crippen LogP contribution in [0.15, 0.2) is 53.6 Å². The predicted molar refractivity (Wildman–Crippen MR) is 142 cm³/mol. The first-order chi connectivity index (χ1) is 18.0. The number of aromatic nitrogens is 2. The highest BCUT2D eigenvalue weighted by Crippen LogP contribution is 2.49. The molecule has 1 aliphatic heterocycles. The molecule has 0 atom stereocenters. The standard InChI is InChI=1S/C27H30FN5O4S/c1-17(2)14-37-20-12-18(11-19(28)13-20)22-8-7-21(25(30-22)33-15-27(16-33)9-4-10-27)26(34)32-38(35,36)24-6-3-5-23(29)31-24/h3,5-8,11-13,17H,4,9-10,14-16H2,1-2H3,(H2,29,31)(H,32,34). The molecule has 2 fully saturated rings. The van der Waals surface area contributed by atoms with Crippen LogP contribution in [0.5, 0.6) is 5.75 Å². The van der Waals surface area contributed by atoms with Crippen molar-refractivity contribution in [3.63, 3.8) is 0 Å². The molecule has 11 heteroatoms. The van der Waals surface area contributed by atoms with Crippen LogP contribution in [0.1, 0.15) is 43.5 Å². The first-order valence-corrected chi connectivity index (χ1v) is 14.0. The zero-order valence-corrected chi connectivity index (χ0v) is 22.1. The van der Waals surface area contributed by atoms with Crippen LogP contribution in [0.25, 0.3) is 11.3 Å². The van der Waals surface area contributed by atoms with Gasteiger partial charge in [-0.25, -0.2) is 19.1 Å². The van der Waals surface area contributed by atoms with Gasteiger partial charge in [0.05, 0.1) is 17.9 Å². The van der Waals surface area contributed by atoms with Crippen molar-refractivity contribution < 1.29 is 22.3 Å². The number of halogens is 1. The Morgan fingerprint density at radius 1 is 1.16 bits per heavy atom. The molecule has 1 aromatic carbocycles. The first kappa shape index (κ1) is 25.9. The summed E-state index contributed by atoms with van der Waals surface area (Å²) in [6.07, 6.45) is 3.39. The minimum Gasteiger partial charge on any atom is -0.493 e. The number of anilines is 2. The van der Waals surface area contributed by atoms with Crippen molar-refractivity contribution in [2.45, 2.75) is 38.1 Å². The van der Waals surface area contributed by atoms with E-state index in [1.54, 1.807) is 12.1 Å². The molecular formula is C27H30FN5O4S. The normalized spacial score (nSPS) is 16.2. The molecule has 2 aromatic heterocycles. The molecule has 1 saturated heterocycles. The van der Waals surface area contributed by atoms with Crippen molar-refractivity contribution in [1.82, 2.24) is 14.7 Å². The Kier molecular flexibility index (Phi) is 6.72. The highest BCUT2D eigenvalue weighted by atomic mass is 32.2. The van der Waals surface area contributed by atoms with Crippen molar-refractivity contribution in [3.8, 4) is 17.0 Å². The molecule has 2 aliphatic rings. The van der Waals surface area contributed by atoms with Crippen LogP contribution in [0, 0.1) is 17.2 Å². The third-order valence-corrected chi connectivity index (χ3v) is 8.12. The van der Waals surface area contributed by atoms with E-state index in [4.69, 9.17) is 15.5 Å². The van der Waals surface area contributed by atoms with Crippen LogP contribution in [0.4, 0.5) is 16.0 Å². The number of sulfonamides is 1. The number of hydrogen-bond acceptors (Lipinski definition) is 8. The third kappa shape index (κ3) is 5.28. The largest absolute Gasteiger partial charge is 0.493 e. The van der Waals surface area contributed by atoms with Gasteiger partial charge in [-0.05, 0) is 55.2 Å². The van der Waals surface area contributed by atoms with E-state index in [1.165, 1.54) is 42.8 Å².